The third kappa shape index (κ3) is 3.69. The van der Waals surface area contributed by atoms with Gasteiger partial charge in [-0.2, -0.15) is 0 Å². The highest BCUT2D eigenvalue weighted by molar-refractivity contribution is 7.89. The van der Waals surface area contributed by atoms with Crippen molar-refractivity contribution in [2.45, 2.75) is 43.6 Å². The molecule has 0 bridgehead atoms. The summed E-state index contributed by atoms with van der Waals surface area (Å²) in [5.74, 6) is 0.197. The third-order valence-corrected chi connectivity index (χ3v) is 5.51. The van der Waals surface area contributed by atoms with Crippen molar-refractivity contribution in [3.63, 3.8) is 0 Å². The molecule has 2 rings (SSSR count). The molecular formula is C13H19ClN2O3S. The molecule has 2 N–H and O–H groups in total. The van der Waals surface area contributed by atoms with E-state index in [1.54, 1.807) is 6.92 Å². The van der Waals surface area contributed by atoms with Gasteiger partial charge in [0.2, 0.25) is 10.0 Å². The number of rotatable bonds is 5. The lowest BCUT2D eigenvalue weighted by atomic mass is 10.0. The van der Waals surface area contributed by atoms with Gasteiger partial charge in [0, 0.05) is 12.7 Å². The van der Waals surface area contributed by atoms with Crippen LogP contribution in [0.3, 0.4) is 0 Å². The maximum absolute atomic E-state index is 12.1. The lowest BCUT2D eigenvalue weighted by molar-refractivity contribution is 0.115. The first-order valence-corrected chi connectivity index (χ1v) is 8.56. The lowest BCUT2D eigenvalue weighted by Crippen LogP contribution is -2.35. The van der Waals surface area contributed by atoms with Crippen molar-refractivity contribution in [2.75, 3.05) is 6.54 Å². The van der Waals surface area contributed by atoms with E-state index in [0.717, 1.165) is 25.7 Å². The summed E-state index contributed by atoms with van der Waals surface area (Å²) in [7, 11) is -3.66. The first kappa shape index (κ1) is 15.7. The average molecular weight is 319 g/mol. The molecule has 20 heavy (non-hydrogen) atoms. The number of aliphatic hydroxyl groups is 1. The van der Waals surface area contributed by atoms with E-state index >= 15 is 0 Å². The summed E-state index contributed by atoms with van der Waals surface area (Å²) in [6, 6.07) is 1.47. The molecule has 0 radical (unpaired) electrons. The van der Waals surface area contributed by atoms with Crippen LogP contribution >= 0.6 is 11.6 Å². The molecule has 0 aromatic carbocycles. The summed E-state index contributed by atoms with van der Waals surface area (Å²) in [6.45, 7) is 1.73. The monoisotopic (exact) mass is 318 g/mol. The van der Waals surface area contributed by atoms with E-state index < -0.39 is 16.1 Å². The van der Waals surface area contributed by atoms with Gasteiger partial charge < -0.3 is 5.11 Å². The summed E-state index contributed by atoms with van der Waals surface area (Å²) in [4.78, 5) is 3.90. The number of nitrogens with zero attached hydrogens (tertiary/aromatic N) is 1. The molecule has 5 nitrogen and oxygen atoms in total. The number of hydrogen-bond donors (Lipinski definition) is 2. The van der Waals surface area contributed by atoms with Crippen LogP contribution in [-0.4, -0.2) is 31.2 Å². The first-order valence-electron chi connectivity index (χ1n) is 6.70. The summed E-state index contributed by atoms with van der Waals surface area (Å²) in [6.07, 6.45) is 4.73. The standard InChI is InChI=1S/C13H19ClN2O3S/c1-9-6-11(7-15-13(9)14)20(18,19)16-8-12(17)10-4-2-3-5-10/h6-7,10,12,16-17H,2-5,8H2,1H3. The van der Waals surface area contributed by atoms with Gasteiger partial charge in [0.25, 0.3) is 0 Å². The molecule has 0 amide bonds. The predicted molar refractivity (Wildman–Crippen MR) is 77.1 cm³/mol. The van der Waals surface area contributed by atoms with Crippen LogP contribution in [0.4, 0.5) is 0 Å². The number of halogens is 1. The molecule has 1 aromatic heterocycles. The van der Waals surface area contributed by atoms with E-state index in [-0.39, 0.29) is 22.5 Å². The molecule has 0 aliphatic heterocycles. The van der Waals surface area contributed by atoms with E-state index in [2.05, 4.69) is 9.71 Å². The highest BCUT2D eigenvalue weighted by Crippen LogP contribution is 2.27. The predicted octanol–water partition coefficient (Wildman–Crippen LogP) is 1.87. The minimum absolute atomic E-state index is 0.0364. The molecule has 0 spiro atoms. The Hall–Kier alpha value is -0.690. The molecule has 1 fully saturated rings. The fraction of sp³-hybridized carbons (Fsp3) is 0.615. The van der Waals surface area contributed by atoms with Gasteiger partial charge in [-0.05, 0) is 37.3 Å². The topological polar surface area (TPSA) is 79.3 Å². The Kier molecular flexibility index (Phi) is 5.01. The number of aromatic nitrogens is 1. The van der Waals surface area contributed by atoms with E-state index in [1.165, 1.54) is 12.3 Å². The quantitative estimate of drug-likeness (QED) is 0.812. The van der Waals surface area contributed by atoms with Crippen LogP contribution in [0.5, 0.6) is 0 Å². The highest BCUT2D eigenvalue weighted by atomic mass is 35.5. The van der Waals surface area contributed by atoms with Crippen molar-refractivity contribution in [1.29, 1.82) is 0 Å². The summed E-state index contributed by atoms with van der Waals surface area (Å²) in [5, 5.41) is 10.3. The van der Waals surface area contributed by atoms with Crippen LogP contribution in [0.1, 0.15) is 31.2 Å². The molecule has 0 saturated heterocycles. The number of pyridine rings is 1. The van der Waals surface area contributed by atoms with Crippen LogP contribution in [0, 0.1) is 12.8 Å². The van der Waals surface area contributed by atoms with Crippen LogP contribution < -0.4 is 4.72 Å². The van der Waals surface area contributed by atoms with Gasteiger partial charge in [-0.25, -0.2) is 18.1 Å². The van der Waals surface area contributed by atoms with Gasteiger partial charge in [-0.15, -0.1) is 0 Å². The third-order valence-electron chi connectivity index (χ3n) is 3.73. The number of hydrogen-bond acceptors (Lipinski definition) is 4. The molecular weight excluding hydrogens is 300 g/mol. The first-order chi connectivity index (χ1) is 9.40. The van der Waals surface area contributed by atoms with Gasteiger partial charge in [0.05, 0.1) is 6.10 Å². The van der Waals surface area contributed by atoms with Crippen LogP contribution in [0.25, 0.3) is 0 Å². The Labute approximate surface area is 124 Å². The Morgan fingerprint density at radius 3 is 2.75 bits per heavy atom. The molecule has 1 heterocycles. The molecule has 7 heteroatoms. The minimum atomic E-state index is -3.66. The Bertz CT molecular complexity index is 571. The van der Waals surface area contributed by atoms with E-state index in [4.69, 9.17) is 11.6 Å². The largest absolute Gasteiger partial charge is 0.391 e. The maximum Gasteiger partial charge on any atom is 0.242 e. The second kappa shape index (κ2) is 6.39. The smallest absolute Gasteiger partial charge is 0.242 e. The van der Waals surface area contributed by atoms with Gasteiger partial charge in [0.1, 0.15) is 10.0 Å². The summed E-state index contributed by atoms with van der Waals surface area (Å²) < 4.78 is 26.7. The fourth-order valence-corrected chi connectivity index (χ4v) is 3.65. The lowest BCUT2D eigenvalue weighted by Gasteiger charge is -2.18. The Morgan fingerprint density at radius 1 is 1.50 bits per heavy atom. The van der Waals surface area contributed by atoms with Crippen LogP contribution in [-0.2, 0) is 10.0 Å². The van der Waals surface area contributed by atoms with Crippen molar-refractivity contribution in [1.82, 2.24) is 9.71 Å². The van der Waals surface area contributed by atoms with Gasteiger partial charge in [-0.1, -0.05) is 24.4 Å². The molecule has 1 aliphatic rings. The maximum atomic E-state index is 12.1. The minimum Gasteiger partial charge on any atom is -0.391 e. The van der Waals surface area contributed by atoms with Crippen molar-refractivity contribution < 1.29 is 13.5 Å². The Balaban J connectivity index is 2.01. The number of sulfonamides is 1. The number of aliphatic hydroxyl groups excluding tert-OH is 1. The second-order valence-electron chi connectivity index (χ2n) is 5.24. The SMILES string of the molecule is Cc1cc(S(=O)(=O)NCC(O)C2CCCC2)cnc1Cl. The molecule has 1 aliphatic carbocycles. The normalized spacial score (nSPS) is 18.4. The van der Waals surface area contributed by atoms with Gasteiger partial charge in [0.15, 0.2) is 0 Å². The molecule has 1 unspecified atom stereocenters. The van der Waals surface area contributed by atoms with Gasteiger partial charge in [-0.3, -0.25) is 0 Å². The zero-order valence-corrected chi connectivity index (χ0v) is 12.9. The van der Waals surface area contributed by atoms with E-state index in [9.17, 15) is 13.5 Å². The molecule has 1 aromatic rings. The van der Waals surface area contributed by atoms with Gasteiger partial charge >= 0.3 is 0 Å². The zero-order valence-electron chi connectivity index (χ0n) is 11.3. The molecule has 1 saturated carbocycles. The van der Waals surface area contributed by atoms with Crippen molar-refractivity contribution in [3.8, 4) is 0 Å². The summed E-state index contributed by atoms with van der Waals surface area (Å²) in [5.41, 5.74) is 0.603. The molecule has 1 atom stereocenters. The number of aryl methyl sites for hydroxylation is 1. The fourth-order valence-electron chi connectivity index (χ4n) is 2.47. The van der Waals surface area contributed by atoms with Crippen molar-refractivity contribution in [3.05, 3.63) is 23.0 Å². The number of nitrogens with one attached hydrogen (secondary N) is 1. The van der Waals surface area contributed by atoms with E-state index in [1.807, 2.05) is 0 Å². The summed E-state index contributed by atoms with van der Waals surface area (Å²) >= 11 is 5.78. The Morgan fingerprint density at radius 2 is 2.15 bits per heavy atom. The van der Waals surface area contributed by atoms with E-state index in [0.29, 0.717) is 5.56 Å². The average Bonchev–Trinajstić information content (AvgIpc) is 2.93. The van der Waals surface area contributed by atoms with Crippen LogP contribution in [0.2, 0.25) is 5.15 Å². The van der Waals surface area contributed by atoms with Crippen molar-refractivity contribution >= 4 is 21.6 Å². The molecule has 112 valence electrons. The van der Waals surface area contributed by atoms with Crippen molar-refractivity contribution in [2.24, 2.45) is 5.92 Å². The van der Waals surface area contributed by atoms with Crippen LogP contribution in [0.15, 0.2) is 17.2 Å². The zero-order chi connectivity index (χ0) is 14.8. The second-order valence-corrected chi connectivity index (χ2v) is 7.37. The highest BCUT2D eigenvalue weighted by Gasteiger charge is 2.25.